The van der Waals surface area contributed by atoms with Crippen molar-refractivity contribution < 1.29 is 23.7 Å². The monoisotopic (exact) mass is 306 g/mol. The summed E-state index contributed by atoms with van der Waals surface area (Å²) in [5, 5.41) is 0. The van der Waals surface area contributed by atoms with Gasteiger partial charge in [-0.25, -0.2) is 0 Å². The zero-order valence-corrected chi connectivity index (χ0v) is 13.1. The van der Waals surface area contributed by atoms with Gasteiger partial charge in [-0.2, -0.15) is 0 Å². The van der Waals surface area contributed by atoms with Crippen LogP contribution in [-0.4, -0.2) is 39.6 Å². The molecule has 0 aliphatic carbocycles. The van der Waals surface area contributed by atoms with Gasteiger partial charge < -0.3 is 23.7 Å². The molecule has 0 amide bonds. The van der Waals surface area contributed by atoms with Gasteiger partial charge in [0.25, 0.3) is 0 Å². The normalized spacial score (nSPS) is 35.9. The zero-order chi connectivity index (χ0) is 15.3. The molecule has 1 aromatic rings. The van der Waals surface area contributed by atoms with E-state index in [4.69, 9.17) is 23.7 Å². The second kappa shape index (κ2) is 4.93. The zero-order valence-electron chi connectivity index (χ0n) is 13.1. The minimum absolute atomic E-state index is 0.0227. The third-order valence-corrected chi connectivity index (χ3v) is 4.53. The average molecular weight is 306 g/mol. The highest BCUT2D eigenvalue weighted by molar-refractivity contribution is 5.29. The topological polar surface area (TPSA) is 46.2 Å². The lowest BCUT2D eigenvalue weighted by atomic mass is 9.90. The lowest BCUT2D eigenvalue weighted by Crippen LogP contribution is -2.57. The minimum Gasteiger partial charge on any atom is -0.493 e. The fourth-order valence-corrected chi connectivity index (χ4v) is 2.85. The van der Waals surface area contributed by atoms with Crippen molar-refractivity contribution in [1.82, 2.24) is 0 Å². The first-order valence-corrected chi connectivity index (χ1v) is 7.74. The number of ether oxygens (including phenoxy) is 5. The van der Waals surface area contributed by atoms with Crippen molar-refractivity contribution >= 4 is 0 Å². The maximum atomic E-state index is 5.85. The van der Waals surface area contributed by atoms with Crippen molar-refractivity contribution in [3.05, 3.63) is 29.8 Å². The predicted octanol–water partition coefficient (Wildman–Crippen LogP) is 2.30. The molecular weight excluding hydrogens is 284 g/mol. The Bertz CT molecular complexity index is 524. The van der Waals surface area contributed by atoms with Gasteiger partial charge in [0.2, 0.25) is 0 Å². The molecule has 4 aliphatic heterocycles. The molecular formula is C17H22O5. The summed E-state index contributed by atoms with van der Waals surface area (Å²) in [7, 11) is 0. The molecule has 5 heteroatoms. The Kier molecular flexibility index (Phi) is 3.24. The van der Waals surface area contributed by atoms with Crippen LogP contribution in [0.15, 0.2) is 24.3 Å². The molecule has 2 bridgehead atoms. The van der Waals surface area contributed by atoms with Crippen LogP contribution in [0.2, 0.25) is 0 Å². The van der Waals surface area contributed by atoms with Crippen LogP contribution in [0.5, 0.6) is 5.75 Å². The molecule has 4 saturated heterocycles. The lowest BCUT2D eigenvalue weighted by Gasteiger charge is -2.50. The summed E-state index contributed by atoms with van der Waals surface area (Å²) < 4.78 is 28.6. The van der Waals surface area contributed by atoms with E-state index in [-0.39, 0.29) is 10.8 Å². The Morgan fingerprint density at radius 1 is 0.909 bits per heavy atom. The van der Waals surface area contributed by atoms with Gasteiger partial charge in [0, 0.05) is 16.4 Å². The molecule has 0 unspecified atom stereocenters. The molecule has 0 saturated carbocycles. The highest BCUT2D eigenvalue weighted by atomic mass is 16.9. The van der Waals surface area contributed by atoms with E-state index in [1.54, 1.807) is 0 Å². The van der Waals surface area contributed by atoms with E-state index in [0.717, 1.165) is 24.5 Å². The third kappa shape index (κ3) is 2.42. The molecule has 5 rings (SSSR count). The molecule has 5 nitrogen and oxygen atoms in total. The summed E-state index contributed by atoms with van der Waals surface area (Å²) in [4.78, 5) is 0. The SMILES string of the molecule is CC1(COc2ccc(C34OCC(C)(CO3)CO4)cc2)COC1. The van der Waals surface area contributed by atoms with Gasteiger partial charge in [-0.05, 0) is 24.3 Å². The molecule has 22 heavy (non-hydrogen) atoms. The van der Waals surface area contributed by atoms with Crippen molar-refractivity contribution in [2.75, 3.05) is 39.6 Å². The summed E-state index contributed by atoms with van der Waals surface area (Å²) in [6.45, 7) is 8.44. The fourth-order valence-electron chi connectivity index (χ4n) is 2.85. The summed E-state index contributed by atoms with van der Waals surface area (Å²) in [6.07, 6.45) is 0. The second-order valence-electron chi connectivity index (χ2n) is 7.35. The van der Waals surface area contributed by atoms with Crippen molar-refractivity contribution in [1.29, 1.82) is 0 Å². The van der Waals surface area contributed by atoms with Crippen molar-refractivity contribution in [3.63, 3.8) is 0 Å². The molecule has 4 fully saturated rings. The van der Waals surface area contributed by atoms with Gasteiger partial charge in [-0.15, -0.1) is 0 Å². The standard InChI is InChI=1S/C17H22O5/c1-15(7-18-8-15)9-19-14-5-3-13(4-6-14)17-20-10-16(2,11-21-17)12-22-17/h3-6H,7-12H2,1-2H3. The van der Waals surface area contributed by atoms with Crippen molar-refractivity contribution in [2.45, 2.75) is 19.8 Å². The molecule has 0 N–H and O–H groups in total. The Morgan fingerprint density at radius 3 is 2.00 bits per heavy atom. The lowest BCUT2D eigenvalue weighted by molar-refractivity contribution is -0.477. The van der Waals surface area contributed by atoms with E-state index in [1.165, 1.54) is 0 Å². The van der Waals surface area contributed by atoms with E-state index >= 15 is 0 Å². The molecule has 0 spiro atoms. The third-order valence-electron chi connectivity index (χ3n) is 4.53. The molecule has 4 heterocycles. The molecule has 0 radical (unpaired) electrons. The van der Waals surface area contributed by atoms with Crippen LogP contribution in [0.25, 0.3) is 0 Å². The van der Waals surface area contributed by atoms with Crippen LogP contribution in [0.1, 0.15) is 19.4 Å². The Morgan fingerprint density at radius 2 is 1.50 bits per heavy atom. The van der Waals surface area contributed by atoms with Crippen LogP contribution in [-0.2, 0) is 24.9 Å². The molecule has 1 aromatic carbocycles. The first-order chi connectivity index (χ1) is 10.5. The summed E-state index contributed by atoms with van der Waals surface area (Å²) in [5.41, 5.74) is 0.995. The molecule has 0 atom stereocenters. The van der Waals surface area contributed by atoms with Crippen LogP contribution in [0, 0.1) is 10.8 Å². The smallest absolute Gasteiger partial charge is 0.312 e. The maximum Gasteiger partial charge on any atom is 0.312 e. The first kappa shape index (κ1) is 14.5. The molecule has 0 aromatic heterocycles. The van der Waals surface area contributed by atoms with Crippen LogP contribution < -0.4 is 4.74 Å². The highest BCUT2D eigenvalue weighted by Gasteiger charge is 2.51. The largest absolute Gasteiger partial charge is 0.493 e. The number of hydrogen-bond donors (Lipinski definition) is 0. The van der Waals surface area contributed by atoms with E-state index in [2.05, 4.69) is 13.8 Å². The highest BCUT2D eigenvalue weighted by Crippen LogP contribution is 2.44. The van der Waals surface area contributed by atoms with E-state index in [1.807, 2.05) is 24.3 Å². The number of benzene rings is 1. The quantitative estimate of drug-likeness (QED) is 0.854. The van der Waals surface area contributed by atoms with E-state index < -0.39 is 5.97 Å². The predicted molar refractivity (Wildman–Crippen MR) is 78.5 cm³/mol. The van der Waals surface area contributed by atoms with Gasteiger partial charge in [-0.1, -0.05) is 13.8 Å². The van der Waals surface area contributed by atoms with Gasteiger partial charge in [0.1, 0.15) is 5.75 Å². The Labute approximate surface area is 130 Å². The number of rotatable bonds is 4. The Hall–Kier alpha value is -1.14. The Balaban J connectivity index is 1.43. The molecule has 120 valence electrons. The maximum absolute atomic E-state index is 5.85. The van der Waals surface area contributed by atoms with Crippen molar-refractivity contribution in [2.24, 2.45) is 10.8 Å². The van der Waals surface area contributed by atoms with Crippen LogP contribution in [0.4, 0.5) is 0 Å². The number of hydrogen-bond acceptors (Lipinski definition) is 5. The van der Waals surface area contributed by atoms with Crippen LogP contribution >= 0.6 is 0 Å². The number of fused-ring (bicyclic) bond motifs is 3. The average Bonchev–Trinajstić information content (AvgIpc) is 2.53. The summed E-state index contributed by atoms with van der Waals surface area (Å²) in [5.74, 6) is -0.200. The summed E-state index contributed by atoms with van der Waals surface area (Å²) in [6, 6.07) is 7.77. The van der Waals surface area contributed by atoms with Gasteiger partial charge in [0.05, 0.1) is 39.6 Å². The van der Waals surface area contributed by atoms with Crippen LogP contribution in [0.3, 0.4) is 0 Å². The first-order valence-electron chi connectivity index (χ1n) is 7.74. The molecule has 4 aliphatic rings. The van der Waals surface area contributed by atoms with Gasteiger partial charge >= 0.3 is 5.97 Å². The minimum atomic E-state index is -1.04. The van der Waals surface area contributed by atoms with Crippen molar-refractivity contribution in [3.8, 4) is 5.75 Å². The fraction of sp³-hybridized carbons (Fsp3) is 0.647. The van der Waals surface area contributed by atoms with Gasteiger partial charge in [-0.3, -0.25) is 0 Å². The van der Waals surface area contributed by atoms with Gasteiger partial charge in [0.15, 0.2) is 0 Å². The van der Waals surface area contributed by atoms with E-state index in [0.29, 0.717) is 26.4 Å². The summed E-state index contributed by atoms with van der Waals surface area (Å²) >= 11 is 0. The van der Waals surface area contributed by atoms with E-state index in [9.17, 15) is 0 Å². The second-order valence-corrected chi connectivity index (χ2v) is 7.35.